The second-order valence-electron chi connectivity index (χ2n) is 11.5. The van der Waals surface area contributed by atoms with Gasteiger partial charge in [-0.3, -0.25) is 14.5 Å². The zero-order chi connectivity index (χ0) is 28.1. The van der Waals surface area contributed by atoms with Gasteiger partial charge in [-0.15, -0.1) is 0 Å². The maximum absolute atomic E-state index is 12.9. The summed E-state index contributed by atoms with van der Waals surface area (Å²) < 4.78 is 0. The maximum atomic E-state index is 12.9. The lowest BCUT2D eigenvalue weighted by molar-refractivity contribution is 0.0525. The maximum Gasteiger partial charge on any atom is 0.253 e. The first-order valence-corrected chi connectivity index (χ1v) is 15.0. The number of aromatic nitrogens is 1. The molecule has 40 heavy (non-hydrogen) atoms. The Labute approximate surface area is 242 Å². The molecule has 2 saturated heterocycles. The average molecular weight is 563 g/mol. The van der Waals surface area contributed by atoms with Crippen LogP contribution in [0.5, 0.6) is 0 Å². The fourth-order valence-corrected chi connectivity index (χ4v) is 6.78. The molecule has 0 spiro atoms. The van der Waals surface area contributed by atoms with Crippen molar-refractivity contribution in [1.82, 2.24) is 20.1 Å². The number of pyridine rings is 1. The second-order valence-corrected chi connectivity index (χ2v) is 11.9. The molecule has 1 aliphatic carbocycles. The van der Waals surface area contributed by atoms with Crippen LogP contribution in [0.25, 0.3) is 0 Å². The molecule has 3 heterocycles. The smallest absolute Gasteiger partial charge is 0.253 e. The molecule has 2 aliphatic heterocycles. The van der Waals surface area contributed by atoms with Crippen LogP contribution in [0.4, 0.5) is 5.82 Å². The Kier molecular flexibility index (Phi) is 9.23. The van der Waals surface area contributed by atoms with Crippen molar-refractivity contribution in [1.29, 1.82) is 5.26 Å². The number of hydrogen-bond acceptors (Lipinski definition) is 6. The normalized spacial score (nSPS) is 21.2. The Hall–Kier alpha value is -3.15. The molecule has 5 rings (SSSR count). The minimum absolute atomic E-state index is 0.0349. The third-order valence-corrected chi connectivity index (χ3v) is 9.10. The van der Waals surface area contributed by atoms with E-state index in [1.165, 1.54) is 32.1 Å². The lowest BCUT2D eigenvalue weighted by atomic mass is 9.89. The van der Waals surface area contributed by atoms with E-state index >= 15 is 0 Å². The molecule has 9 heteroatoms. The second kappa shape index (κ2) is 13.0. The number of piperazine rings is 1. The van der Waals surface area contributed by atoms with Gasteiger partial charge in [-0.2, -0.15) is 5.26 Å². The van der Waals surface area contributed by atoms with E-state index in [0.717, 1.165) is 57.9 Å². The van der Waals surface area contributed by atoms with Gasteiger partial charge >= 0.3 is 0 Å². The number of nitrogens with one attached hydrogen (secondary N) is 1. The fraction of sp³-hybridized carbons (Fsp3) is 0.548. The van der Waals surface area contributed by atoms with Crippen molar-refractivity contribution in [3.05, 3.63) is 58.2 Å². The van der Waals surface area contributed by atoms with E-state index in [2.05, 4.69) is 33.1 Å². The molecule has 2 aromatic rings. The number of nitriles is 1. The first-order valence-electron chi connectivity index (χ1n) is 14.7. The molecule has 8 nitrogen and oxygen atoms in total. The van der Waals surface area contributed by atoms with Crippen molar-refractivity contribution >= 4 is 29.2 Å². The van der Waals surface area contributed by atoms with Crippen molar-refractivity contribution in [3.8, 4) is 6.07 Å². The highest BCUT2D eigenvalue weighted by molar-refractivity contribution is 6.33. The van der Waals surface area contributed by atoms with Crippen molar-refractivity contribution in [2.75, 3.05) is 44.2 Å². The molecular formula is C31H39ClN6O2. The predicted octanol–water partition coefficient (Wildman–Crippen LogP) is 4.73. The van der Waals surface area contributed by atoms with Crippen LogP contribution in [-0.2, 0) is 0 Å². The Morgan fingerprint density at radius 2 is 1.75 bits per heavy atom. The summed E-state index contributed by atoms with van der Waals surface area (Å²) in [5, 5.41) is 12.6. The Bertz CT molecular complexity index is 1230. The zero-order valence-electron chi connectivity index (χ0n) is 23.3. The Balaban J connectivity index is 1.11. The van der Waals surface area contributed by atoms with Crippen LogP contribution in [0, 0.1) is 17.2 Å². The molecule has 212 valence electrons. The molecule has 2 amide bonds. The first-order chi connectivity index (χ1) is 19.4. The fourth-order valence-electron chi connectivity index (χ4n) is 6.49. The highest BCUT2D eigenvalue weighted by Gasteiger charge is 2.33. The summed E-state index contributed by atoms with van der Waals surface area (Å²) in [5.41, 5.74) is 1.71. The van der Waals surface area contributed by atoms with Crippen molar-refractivity contribution < 1.29 is 9.59 Å². The van der Waals surface area contributed by atoms with E-state index < -0.39 is 0 Å². The van der Waals surface area contributed by atoms with Crippen LogP contribution in [-0.4, -0.2) is 78.0 Å². The third-order valence-electron chi connectivity index (χ3n) is 8.82. The Morgan fingerprint density at radius 1 is 1.02 bits per heavy atom. The molecule has 0 bridgehead atoms. The highest BCUT2D eigenvalue weighted by atomic mass is 35.5. The SMILES string of the molecule is C[C@H]1CN(c2ncc(C(=O)NCC3CCCCC3)cc2Cl)CCN1C1CCN(C(=O)c2ccc(C#N)cc2)CC1. The molecule has 1 atom stereocenters. The van der Waals surface area contributed by atoms with Crippen LogP contribution in [0.1, 0.15) is 78.1 Å². The van der Waals surface area contributed by atoms with Gasteiger partial charge in [0.25, 0.3) is 11.8 Å². The number of halogens is 1. The lowest BCUT2D eigenvalue weighted by Crippen LogP contribution is -2.58. The van der Waals surface area contributed by atoms with Gasteiger partial charge in [0.05, 0.1) is 22.2 Å². The molecule has 1 saturated carbocycles. The monoisotopic (exact) mass is 562 g/mol. The number of amides is 2. The van der Waals surface area contributed by atoms with Crippen LogP contribution in [0.15, 0.2) is 36.5 Å². The van der Waals surface area contributed by atoms with Crippen molar-refractivity contribution in [2.45, 2.75) is 64.0 Å². The summed E-state index contributed by atoms with van der Waals surface area (Å²) in [6.45, 7) is 6.94. The lowest BCUT2D eigenvalue weighted by Gasteiger charge is -2.46. The van der Waals surface area contributed by atoms with Crippen molar-refractivity contribution in [2.24, 2.45) is 5.92 Å². The van der Waals surface area contributed by atoms with E-state index in [1.54, 1.807) is 36.5 Å². The highest BCUT2D eigenvalue weighted by Crippen LogP contribution is 2.29. The van der Waals surface area contributed by atoms with Crippen LogP contribution in [0.3, 0.4) is 0 Å². The van der Waals surface area contributed by atoms with E-state index in [9.17, 15) is 9.59 Å². The van der Waals surface area contributed by atoms with Gasteiger partial charge in [0.2, 0.25) is 0 Å². The molecule has 1 N–H and O–H groups in total. The molecular weight excluding hydrogens is 524 g/mol. The number of nitrogens with zero attached hydrogens (tertiary/aromatic N) is 5. The van der Waals surface area contributed by atoms with Crippen LogP contribution in [0.2, 0.25) is 5.02 Å². The number of benzene rings is 1. The zero-order valence-corrected chi connectivity index (χ0v) is 24.1. The van der Waals surface area contributed by atoms with Crippen molar-refractivity contribution in [3.63, 3.8) is 0 Å². The summed E-state index contributed by atoms with van der Waals surface area (Å²) in [5.74, 6) is 1.25. The van der Waals surface area contributed by atoms with Gasteiger partial charge in [-0.1, -0.05) is 30.9 Å². The van der Waals surface area contributed by atoms with Gasteiger partial charge in [0.1, 0.15) is 5.82 Å². The van der Waals surface area contributed by atoms with Gasteiger partial charge in [0.15, 0.2) is 0 Å². The number of piperidine rings is 1. The summed E-state index contributed by atoms with van der Waals surface area (Å²) in [4.78, 5) is 36.9. The predicted molar refractivity (Wildman–Crippen MR) is 157 cm³/mol. The molecule has 3 fully saturated rings. The number of likely N-dealkylation sites (tertiary alicyclic amines) is 1. The minimum atomic E-state index is -0.103. The standard InChI is InChI=1S/C31H39ClN6O2/c1-22-21-37(29-28(32)17-26(20-34-29)30(39)35-19-24-5-3-2-4-6-24)15-16-38(22)27-11-13-36(14-12-27)31(40)25-9-7-23(18-33)8-10-25/h7-10,17,20,22,24,27H,2-6,11-16,19,21H2,1H3,(H,35,39)/t22-/m0/s1. The summed E-state index contributed by atoms with van der Waals surface area (Å²) in [6, 6.07) is 11.5. The van der Waals surface area contributed by atoms with Crippen LogP contribution < -0.4 is 10.2 Å². The topological polar surface area (TPSA) is 92.6 Å². The minimum Gasteiger partial charge on any atom is -0.353 e. The van der Waals surface area contributed by atoms with Gasteiger partial charge in [-0.25, -0.2) is 4.98 Å². The summed E-state index contributed by atoms with van der Waals surface area (Å²) in [6.07, 6.45) is 9.73. The molecule has 1 aromatic heterocycles. The van der Waals surface area contributed by atoms with Gasteiger partial charge in [0, 0.05) is 63.1 Å². The average Bonchev–Trinajstić information content (AvgIpc) is 3.00. The molecule has 0 unspecified atom stereocenters. The van der Waals surface area contributed by atoms with Gasteiger partial charge in [-0.05, 0) is 68.9 Å². The number of anilines is 1. The van der Waals surface area contributed by atoms with E-state index in [0.29, 0.717) is 39.7 Å². The number of carbonyl (C=O) groups is 2. The van der Waals surface area contributed by atoms with E-state index in [4.69, 9.17) is 16.9 Å². The third kappa shape index (κ3) is 6.59. The summed E-state index contributed by atoms with van der Waals surface area (Å²) >= 11 is 6.65. The van der Waals surface area contributed by atoms with Gasteiger partial charge < -0.3 is 15.1 Å². The molecule has 1 aromatic carbocycles. The largest absolute Gasteiger partial charge is 0.353 e. The first kappa shape index (κ1) is 28.4. The Morgan fingerprint density at radius 3 is 2.40 bits per heavy atom. The van der Waals surface area contributed by atoms with Crippen LogP contribution >= 0.6 is 11.6 Å². The molecule has 0 radical (unpaired) electrons. The van der Waals surface area contributed by atoms with E-state index in [-0.39, 0.29) is 11.8 Å². The van der Waals surface area contributed by atoms with E-state index in [1.807, 2.05) is 4.90 Å². The number of rotatable bonds is 6. The summed E-state index contributed by atoms with van der Waals surface area (Å²) in [7, 11) is 0. The number of hydrogen-bond donors (Lipinski definition) is 1. The molecule has 3 aliphatic rings. The number of carbonyl (C=O) groups excluding carboxylic acids is 2. The quantitative estimate of drug-likeness (QED) is 0.547.